The van der Waals surface area contributed by atoms with Crippen molar-refractivity contribution in [2.24, 2.45) is 5.92 Å². The highest BCUT2D eigenvalue weighted by molar-refractivity contribution is 7.89. The molecule has 1 rings (SSSR count). The maximum Gasteiger partial charge on any atom is 0.216 e. The van der Waals surface area contributed by atoms with Gasteiger partial charge >= 0.3 is 0 Å². The molecule has 14 heavy (non-hydrogen) atoms. The molecule has 1 aliphatic heterocycles. The fourth-order valence-electron chi connectivity index (χ4n) is 1.89. The Balaban J connectivity index is 2.69. The summed E-state index contributed by atoms with van der Waals surface area (Å²) < 4.78 is 25.4. The van der Waals surface area contributed by atoms with E-state index in [1.165, 1.54) is 6.42 Å². The van der Waals surface area contributed by atoms with E-state index in [0.29, 0.717) is 5.92 Å². The smallest absolute Gasteiger partial charge is 0.212 e. The first-order valence-corrected chi connectivity index (χ1v) is 6.97. The molecular weight excluding hydrogens is 198 g/mol. The molecule has 1 saturated heterocycles. The highest BCUT2D eigenvalue weighted by Crippen LogP contribution is 2.22. The minimum absolute atomic E-state index is 0.280. The first kappa shape index (κ1) is 12.0. The second-order valence-electron chi connectivity index (χ2n) is 4.37. The topological polar surface area (TPSA) is 37.4 Å². The molecule has 0 spiro atoms. The summed E-state index contributed by atoms with van der Waals surface area (Å²) in [5, 5.41) is -0.280. The van der Waals surface area contributed by atoms with Gasteiger partial charge in [0.15, 0.2) is 0 Å². The van der Waals surface area contributed by atoms with Crippen molar-refractivity contribution < 1.29 is 8.42 Å². The van der Waals surface area contributed by atoms with Crippen molar-refractivity contribution in [3.05, 3.63) is 0 Å². The van der Waals surface area contributed by atoms with Crippen molar-refractivity contribution in [1.29, 1.82) is 0 Å². The van der Waals surface area contributed by atoms with Gasteiger partial charge in [-0.1, -0.05) is 13.3 Å². The zero-order valence-electron chi connectivity index (χ0n) is 9.36. The van der Waals surface area contributed by atoms with E-state index >= 15 is 0 Å². The van der Waals surface area contributed by atoms with E-state index in [1.54, 1.807) is 18.2 Å². The van der Waals surface area contributed by atoms with E-state index in [4.69, 9.17) is 0 Å². The van der Waals surface area contributed by atoms with E-state index in [2.05, 4.69) is 6.92 Å². The van der Waals surface area contributed by atoms with Crippen molar-refractivity contribution in [3.8, 4) is 0 Å². The molecule has 0 radical (unpaired) electrons. The highest BCUT2D eigenvalue weighted by atomic mass is 32.2. The molecule has 0 saturated carbocycles. The Bertz CT molecular complexity index is 272. The highest BCUT2D eigenvalue weighted by Gasteiger charge is 2.30. The van der Waals surface area contributed by atoms with Crippen LogP contribution < -0.4 is 0 Å². The summed E-state index contributed by atoms with van der Waals surface area (Å²) in [7, 11) is -3.01. The summed E-state index contributed by atoms with van der Waals surface area (Å²) >= 11 is 0. The van der Waals surface area contributed by atoms with Crippen LogP contribution >= 0.6 is 0 Å². The molecule has 3 nitrogen and oxygen atoms in total. The molecule has 1 aliphatic rings. The molecule has 0 amide bonds. The van der Waals surface area contributed by atoms with E-state index in [9.17, 15) is 8.42 Å². The van der Waals surface area contributed by atoms with Gasteiger partial charge in [-0.15, -0.1) is 0 Å². The standard InChI is InChI=1S/C10H21NO2S/c1-4-10-6-5-7-11(8-10)14(12,13)9(2)3/h9-10H,4-8H2,1-3H3. The summed E-state index contributed by atoms with van der Waals surface area (Å²) in [5.41, 5.74) is 0. The van der Waals surface area contributed by atoms with Gasteiger partial charge in [-0.3, -0.25) is 0 Å². The van der Waals surface area contributed by atoms with Crippen LogP contribution in [-0.4, -0.2) is 31.1 Å². The lowest BCUT2D eigenvalue weighted by Gasteiger charge is -2.32. The molecule has 1 fully saturated rings. The van der Waals surface area contributed by atoms with Gasteiger partial charge in [0.05, 0.1) is 5.25 Å². The molecule has 1 atom stereocenters. The van der Waals surface area contributed by atoms with Crippen molar-refractivity contribution in [3.63, 3.8) is 0 Å². The lowest BCUT2D eigenvalue weighted by Crippen LogP contribution is -2.42. The second-order valence-corrected chi connectivity index (χ2v) is 6.86. The minimum atomic E-state index is -3.01. The van der Waals surface area contributed by atoms with Crippen LogP contribution in [0.2, 0.25) is 0 Å². The van der Waals surface area contributed by atoms with E-state index in [0.717, 1.165) is 25.9 Å². The average molecular weight is 219 g/mol. The summed E-state index contributed by atoms with van der Waals surface area (Å²) in [4.78, 5) is 0. The Morgan fingerprint density at radius 2 is 2.07 bits per heavy atom. The van der Waals surface area contributed by atoms with Crippen LogP contribution in [0.15, 0.2) is 0 Å². The zero-order chi connectivity index (χ0) is 10.8. The lowest BCUT2D eigenvalue weighted by atomic mass is 9.97. The van der Waals surface area contributed by atoms with Gasteiger partial charge in [0.1, 0.15) is 0 Å². The van der Waals surface area contributed by atoms with Gasteiger partial charge in [0.2, 0.25) is 10.0 Å². The Morgan fingerprint density at radius 1 is 1.43 bits per heavy atom. The number of rotatable bonds is 3. The largest absolute Gasteiger partial charge is 0.216 e. The van der Waals surface area contributed by atoms with Crippen LogP contribution in [0.3, 0.4) is 0 Å². The Morgan fingerprint density at radius 3 is 2.57 bits per heavy atom. The molecule has 0 aromatic heterocycles. The Labute approximate surface area is 87.5 Å². The lowest BCUT2D eigenvalue weighted by molar-refractivity contribution is 0.260. The Kier molecular flexibility index (Phi) is 3.95. The monoisotopic (exact) mass is 219 g/mol. The molecule has 1 unspecified atom stereocenters. The van der Waals surface area contributed by atoms with Gasteiger partial charge in [-0.2, -0.15) is 0 Å². The molecule has 0 aromatic carbocycles. The normalized spacial score (nSPS) is 25.6. The van der Waals surface area contributed by atoms with E-state index in [1.807, 2.05) is 0 Å². The van der Waals surface area contributed by atoms with Crippen LogP contribution in [0, 0.1) is 5.92 Å². The summed E-state index contributed by atoms with van der Waals surface area (Å²) in [5.74, 6) is 0.567. The van der Waals surface area contributed by atoms with Gasteiger partial charge in [-0.25, -0.2) is 12.7 Å². The summed E-state index contributed by atoms with van der Waals surface area (Å²) in [6, 6.07) is 0. The fourth-order valence-corrected chi connectivity index (χ4v) is 3.29. The SMILES string of the molecule is CCC1CCCN(S(=O)(=O)C(C)C)C1. The van der Waals surface area contributed by atoms with Crippen molar-refractivity contribution in [2.75, 3.05) is 13.1 Å². The van der Waals surface area contributed by atoms with E-state index < -0.39 is 10.0 Å². The molecular formula is C10H21NO2S. The third-order valence-electron chi connectivity index (χ3n) is 3.01. The van der Waals surface area contributed by atoms with Crippen molar-refractivity contribution in [2.45, 2.75) is 45.3 Å². The first-order chi connectivity index (χ1) is 6.48. The van der Waals surface area contributed by atoms with Crippen LogP contribution in [-0.2, 0) is 10.0 Å². The molecule has 0 N–H and O–H groups in total. The number of piperidine rings is 1. The Hall–Kier alpha value is -0.0900. The van der Waals surface area contributed by atoms with Crippen LogP contribution in [0.4, 0.5) is 0 Å². The second kappa shape index (κ2) is 4.62. The van der Waals surface area contributed by atoms with Crippen LogP contribution in [0.5, 0.6) is 0 Å². The van der Waals surface area contributed by atoms with Gasteiger partial charge in [0, 0.05) is 13.1 Å². The number of hydrogen-bond acceptors (Lipinski definition) is 2. The maximum absolute atomic E-state index is 11.9. The fraction of sp³-hybridized carbons (Fsp3) is 1.00. The number of hydrogen-bond donors (Lipinski definition) is 0. The first-order valence-electron chi connectivity index (χ1n) is 5.47. The van der Waals surface area contributed by atoms with Crippen LogP contribution in [0.1, 0.15) is 40.0 Å². The maximum atomic E-state index is 11.9. The molecule has 1 heterocycles. The zero-order valence-corrected chi connectivity index (χ0v) is 10.2. The number of nitrogens with zero attached hydrogens (tertiary/aromatic N) is 1. The average Bonchev–Trinajstić information content (AvgIpc) is 2.17. The molecule has 0 bridgehead atoms. The van der Waals surface area contributed by atoms with Crippen molar-refractivity contribution >= 4 is 10.0 Å². The molecule has 0 aromatic rings. The molecule has 84 valence electrons. The minimum Gasteiger partial charge on any atom is -0.212 e. The number of sulfonamides is 1. The third kappa shape index (κ3) is 2.48. The summed E-state index contributed by atoms with van der Waals surface area (Å²) in [6.07, 6.45) is 3.29. The molecule has 4 heteroatoms. The summed E-state index contributed by atoms with van der Waals surface area (Å²) in [6.45, 7) is 7.10. The van der Waals surface area contributed by atoms with Crippen LogP contribution in [0.25, 0.3) is 0 Å². The molecule has 0 aliphatic carbocycles. The van der Waals surface area contributed by atoms with Crippen molar-refractivity contribution in [1.82, 2.24) is 4.31 Å². The van der Waals surface area contributed by atoms with Gasteiger partial charge < -0.3 is 0 Å². The predicted molar refractivity (Wildman–Crippen MR) is 58.6 cm³/mol. The van der Waals surface area contributed by atoms with Gasteiger partial charge in [0.25, 0.3) is 0 Å². The van der Waals surface area contributed by atoms with Gasteiger partial charge in [-0.05, 0) is 32.6 Å². The predicted octanol–water partition coefficient (Wildman–Crippen LogP) is 1.85. The quantitative estimate of drug-likeness (QED) is 0.726. The third-order valence-corrected chi connectivity index (χ3v) is 5.26. The van der Waals surface area contributed by atoms with E-state index in [-0.39, 0.29) is 5.25 Å².